The first kappa shape index (κ1) is 11.2. The lowest BCUT2D eigenvalue weighted by molar-refractivity contribution is 0.0197. The third-order valence-electron chi connectivity index (χ3n) is 4.37. The summed E-state index contributed by atoms with van der Waals surface area (Å²) in [7, 11) is 0. The highest BCUT2D eigenvalue weighted by Crippen LogP contribution is 2.37. The number of rotatable bonds is 2. The van der Waals surface area contributed by atoms with Gasteiger partial charge in [0.25, 0.3) is 0 Å². The van der Waals surface area contributed by atoms with Gasteiger partial charge in [0.15, 0.2) is 5.72 Å². The highest BCUT2D eigenvalue weighted by Gasteiger charge is 2.43. The molecule has 0 saturated carbocycles. The molecule has 1 aromatic carbocycles. The van der Waals surface area contributed by atoms with E-state index in [-0.39, 0.29) is 5.72 Å². The zero-order chi connectivity index (χ0) is 12.7. The number of hydrogen-bond donors (Lipinski definition) is 1. The van der Waals surface area contributed by atoms with E-state index in [9.17, 15) is 0 Å². The van der Waals surface area contributed by atoms with Crippen LogP contribution in [-0.4, -0.2) is 16.8 Å². The van der Waals surface area contributed by atoms with Crippen molar-refractivity contribution in [3.63, 3.8) is 0 Å². The Balaban J connectivity index is 1.64. The van der Waals surface area contributed by atoms with Gasteiger partial charge in [-0.2, -0.15) is 0 Å². The number of nitrogens with one attached hydrogen (secondary N) is 1. The number of nitrogens with zero attached hydrogens (tertiary/aromatic N) is 1. The molecule has 3 heteroatoms. The lowest BCUT2D eigenvalue weighted by Gasteiger charge is -2.34. The minimum atomic E-state index is -0.154. The molecule has 0 radical (unpaired) electrons. The van der Waals surface area contributed by atoms with Gasteiger partial charge in [-0.05, 0) is 31.4 Å². The summed E-state index contributed by atoms with van der Waals surface area (Å²) in [6.45, 7) is 0. The average Bonchev–Trinajstić information content (AvgIpc) is 2.73. The second-order valence-corrected chi connectivity index (χ2v) is 5.71. The highest BCUT2D eigenvalue weighted by molar-refractivity contribution is 5.78. The molecule has 2 atom stereocenters. The molecular formula is C16H18N2O. The largest absolute Gasteiger partial charge is 0.456 e. The highest BCUT2D eigenvalue weighted by atomic mass is 16.5. The van der Waals surface area contributed by atoms with Gasteiger partial charge in [0.05, 0.1) is 5.52 Å². The van der Waals surface area contributed by atoms with Crippen molar-refractivity contribution in [3.05, 3.63) is 36.4 Å². The van der Waals surface area contributed by atoms with Gasteiger partial charge in [0.1, 0.15) is 0 Å². The SMILES string of the molecule is c1ccc2nc(OC34CCCC(CC3)N4)ccc2c1. The van der Waals surface area contributed by atoms with Gasteiger partial charge in [-0.15, -0.1) is 0 Å². The third kappa shape index (κ3) is 1.98. The van der Waals surface area contributed by atoms with Crippen LogP contribution >= 0.6 is 0 Å². The Kier molecular flexibility index (Phi) is 2.49. The zero-order valence-electron chi connectivity index (χ0n) is 10.9. The first-order valence-corrected chi connectivity index (χ1v) is 7.16. The van der Waals surface area contributed by atoms with Crippen LogP contribution in [0.5, 0.6) is 5.88 Å². The molecule has 3 heterocycles. The van der Waals surface area contributed by atoms with Crippen molar-refractivity contribution in [2.75, 3.05) is 0 Å². The van der Waals surface area contributed by atoms with Gasteiger partial charge in [-0.1, -0.05) is 18.2 Å². The summed E-state index contributed by atoms with van der Waals surface area (Å²) in [5, 5.41) is 4.80. The Morgan fingerprint density at radius 1 is 1.11 bits per heavy atom. The van der Waals surface area contributed by atoms with Gasteiger partial charge in [0.2, 0.25) is 5.88 Å². The van der Waals surface area contributed by atoms with Crippen molar-refractivity contribution < 1.29 is 4.74 Å². The molecule has 4 rings (SSSR count). The van der Waals surface area contributed by atoms with E-state index in [1.807, 2.05) is 24.3 Å². The summed E-state index contributed by atoms with van der Waals surface area (Å²) in [6, 6.07) is 12.9. The number of para-hydroxylation sites is 1. The number of piperidine rings is 1. The predicted octanol–water partition coefficient (Wildman–Crippen LogP) is 3.25. The topological polar surface area (TPSA) is 34.1 Å². The van der Waals surface area contributed by atoms with Crippen LogP contribution in [0, 0.1) is 0 Å². The van der Waals surface area contributed by atoms with Crippen molar-refractivity contribution in [3.8, 4) is 5.88 Å². The van der Waals surface area contributed by atoms with Gasteiger partial charge in [-0.3, -0.25) is 5.32 Å². The molecule has 0 aliphatic carbocycles. The summed E-state index contributed by atoms with van der Waals surface area (Å²) < 4.78 is 6.22. The van der Waals surface area contributed by atoms with Gasteiger partial charge >= 0.3 is 0 Å². The normalized spacial score (nSPS) is 29.6. The maximum absolute atomic E-state index is 6.22. The monoisotopic (exact) mass is 254 g/mol. The van der Waals surface area contributed by atoms with Crippen molar-refractivity contribution in [2.24, 2.45) is 0 Å². The van der Waals surface area contributed by atoms with E-state index in [4.69, 9.17) is 4.74 Å². The molecule has 2 aromatic rings. The van der Waals surface area contributed by atoms with E-state index in [0.717, 1.165) is 29.6 Å². The van der Waals surface area contributed by atoms with Crippen LogP contribution in [0.3, 0.4) is 0 Å². The summed E-state index contributed by atoms with van der Waals surface area (Å²) in [6.07, 6.45) is 5.97. The lowest BCUT2D eigenvalue weighted by atomic mass is 10.0. The minimum absolute atomic E-state index is 0.154. The molecule has 3 nitrogen and oxygen atoms in total. The van der Waals surface area contributed by atoms with E-state index in [1.165, 1.54) is 19.3 Å². The van der Waals surface area contributed by atoms with Gasteiger partial charge < -0.3 is 4.74 Å². The summed E-state index contributed by atoms with van der Waals surface area (Å²) in [5.41, 5.74) is 0.847. The molecule has 19 heavy (non-hydrogen) atoms. The second-order valence-electron chi connectivity index (χ2n) is 5.71. The van der Waals surface area contributed by atoms with Crippen LogP contribution in [0.4, 0.5) is 0 Å². The molecule has 0 amide bonds. The number of hydrogen-bond acceptors (Lipinski definition) is 3. The fourth-order valence-corrected chi connectivity index (χ4v) is 3.41. The van der Waals surface area contributed by atoms with Crippen LogP contribution in [0.1, 0.15) is 32.1 Å². The lowest BCUT2D eigenvalue weighted by Crippen LogP contribution is -2.51. The van der Waals surface area contributed by atoms with Crippen molar-refractivity contribution in [1.29, 1.82) is 0 Å². The number of aromatic nitrogens is 1. The summed E-state index contributed by atoms with van der Waals surface area (Å²) >= 11 is 0. The molecule has 2 bridgehead atoms. The fraction of sp³-hybridized carbons (Fsp3) is 0.438. The third-order valence-corrected chi connectivity index (χ3v) is 4.37. The first-order chi connectivity index (χ1) is 9.33. The van der Waals surface area contributed by atoms with E-state index in [1.54, 1.807) is 0 Å². The molecule has 1 aromatic heterocycles. The Morgan fingerprint density at radius 3 is 3.05 bits per heavy atom. The van der Waals surface area contributed by atoms with Crippen molar-refractivity contribution in [1.82, 2.24) is 10.3 Å². The summed E-state index contributed by atoms with van der Waals surface area (Å²) in [5.74, 6) is 0.744. The molecular weight excluding hydrogens is 236 g/mol. The fourth-order valence-electron chi connectivity index (χ4n) is 3.41. The number of ether oxygens (including phenoxy) is 1. The smallest absolute Gasteiger partial charge is 0.215 e. The quantitative estimate of drug-likeness (QED) is 0.893. The molecule has 0 spiro atoms. The predicted molar refractivity (Wildman–Crippen MR) is 75.1 cm³/mol. The molecule has 2 fully saturated rings. The Morgan fingerprint density at radius 2 is 2.05 bits per heavy atom. The average molecular weight is 254 g/mol. The zero-order valence-corrected chi connectivity index (χ0v) is 10.9. The Bertz CT molecular complexity index is 608. The summed E-state index contributed by atoms with van der Waals surface area (Å²) in [4.78, 5) is 4.62. The number of benzene rings is 1. The van der Waals surface area contributed by atoms with E-state index < -0.39 is 0 Å². The van der Waals surface area contributed by atoms with Gasteiger partial charge in [-0.25, -0.2) is 4.98 Å². The van der Waals surface area contributed by atoms with Crippen LogP contribution < -0.4 is 10.1 Å². The van der Waals surface area contributed by atoms with Crippen LogP contribution in [0.2, 0.25) is 0 Å². The van der Waals surface area contributed by atoms with Crippen molar-refractivity contribution >= 4 is 10.9 Å². The Labute approximate surface area is 113 Å². The van der Waals surface area contributed by atoms with Gasteiger partial charge in [0, 0.05) is 30.3 Å². The molecule has 2 unspecified atom stereocenters. The number of fused-ring (bicyclic) bond motifs is 3. The molecule has 2 aliphatic rings. The standard InChI is InChI=1S/C16H18N2O/c1-2-6-14-12(4-1)7-8-15(17-14)19-16-10-3-5-13(18-16)9-11-16/h1-2,4,6-8,13,18H,3,5,9-11H2. The number of pyridine rings is 1. The molecule has 1 N–H and O–H groups in total. The van der Waals surface area contributed by atoms with E-state index >= 15 is 0 Å². The molecule has 98 valence electrons. The first-order valence-electron chi connectivity index (χ1n) is 7.16. The maximum Gasteiger partial charge on any atom is 0.215 e. The molecule has 2 aliphatic heterocycles. The Hall–Kier alpha value is -1.61. The van der Waals surface area contributed by atoms with E-state index in [0.29, 0.717) is 6.04 Å². The maximum atomic E-state index is 6.22. The van der Waals surface area contributed by atoms with E-state index in [2.05, 4.69) is 22.4 Å². The van der Waals surface area contributed by atoms with Crippen LogP contribution in [0.25, 0.3) is 10.9 Å². The second kappa shape index (κ2) is 4.20. The minimum Gasteiger partial charge on any atom is -0.456 e. The van der Waals surface area contributed by atoms with Crippen LogP contribution in [0.15, 0.2) is 36.4 Å². The van der Waals surface area contributed by atoms with Crippen molar-refractivity contribution in [2.45, 2.75) is 43.9 Å². The van der Waals surface area contributed by atoms with Crippen LogP contribution in [-0.2, 0) is 0 Å². The molecule has 2 saturated heterocycles.